The van der Waals surface area contributed by atoms with Crippen molar-refractivity contribution in [1.82, 2.24) is 19.7 Å². The van der Waals surface area contributed by atoms with Crippen LogP contribution in [0.2, 0.25) is 0 Å². The Labute approximate surface area is 229 Å². The summed E-state index contributed by atoms with van der Waals surface area (Å²) in [6.45, 7) is 9.18. The standard InChI is InChI=1S/C31H37FN4O3/c1-20-18-36(21(2)17-35(20)19-23-8-11-25(32)12-9-23)30(38)28-22(3)33-27-13-10-24(16-26(27)28)29(37)31(39)34-14-6-4-5-7-15-34/h8-13,16,20-21,33H,4-7,14-15,17-19H2,1-3H3. The van der Waals surface area contributed by atoms with E-state index in [9.17, 15) is 18.8 Å². The molecule has 7 nitrogen and oxygen atoms in total. The number of piperazine rings is 1. The summed E-state index contributed by atoms with van der Waals surface area (Å²) in [5.74, 6) is -1.31. The number of hydrogen-bond donors (Lipinski definition) is 1. The number of amides is 2. The van der Waals surface area contributed by atoms with Crippen molar-refractivity contribution in [3.63, 3.8) is 0 Å². The number of ketones is 1. The molecule has 0 saturated carbocycles. The third kappa shape index (κ3) is 5.62. The van der Waals surface area contributed by atoms with E-state index in [1.165, 1.54) is 12.1 Å². The van der Waals surface area contributed by atoms with Gasteiger partial charge in [0.2, 0.25) is 5.78 Å². The minimum atomic E-state index is -0.521. The second-order valence-corrected chi connectivity index (χ2v) is 11.1. The fourth-order valence-corrected chi connectivity index (χ4v) is 5.95. The number of carbonyl (C=O) groups is 3. The van der Waals surface area contributed by atoms with Crippen LogP contribution in [0.4, 0.5) is 4.39 Å². The Kier molecular flexibility index (Phi) is 7.84. The van der Waals surface area contributed by atoms with Crippen LogP contribution in [-0.4, -0.2) is 75.5 Å². The van der Waals surface area contributed by atoms with Crippen LogP contribution in [0, 0.1) is 12.7 Å². The number of halogens is 1. The van der Waals surface area contributed by atoms with Crippen molar-refractivity contribution in [2.24, 2.45) is 0 Å². The summed E-state index contributed by atoms with van der Waals surface area (Å²) in [6, 6.07) is 11.8. The fourth-order valence-electron chi connectivity index (χ4n) is 5.95. The lowest BCUT2D eigenvalue weighted by Crippen LogP contribution is -2.57. The van der Waals surface area contributed by atoms with Gasteiger partial charge in [-0.05, 0) is 69.5 Å². The molecule has 2 unspecified atom stereocenters. The molecule has 8 heteroatoms. The zero-order valence-corrected chi connectivity index (χ0v) is 23.0. The van der Waals surface area contributed by atoms with E-state index in [1.54, 1.807) is 35.2 Å². The number of fused-ring (bicyclic) bond motifs is 1. The molecule has 0 radical (unpaired) electrons. The van der Waals surface area contributed by atoms with E-state index in [0.29, 0.717) is 49.2 Å². The van der Waals surface area contributed by atoms with Gasteiger partial charge in [0.1, 0.15) is 5.82 Å². The quantitative estimate of drug-likeness (QED) is 0.373. The second-order valence-electron chi connectivity index (χ2n) is 11.1. The van der Waals surface area contributed by atoms with Crippen LogP contribution < -0.4 is 0 Å². The van der Waals surface area contributed by atoms with Crippen LogP contribution in [0.15, 0.2) is 42.5 Å². The molecule has 39 heavy (non-hydrogen) atoms. The summed E-state index contributed by atoms with van der Waals surface area (Å²) in [4.78, 5) is 49.3. The Balaban J connectivity index is 1.35. The van der Waals surface area contributed by atoms with Gasteiger partial charge in [-0.2, -0.15) is 0 Å². The summed E-state index contributed by atoms with van der Waals surface area (Å²) >= 11 is 0. The van der Waals surface area contributed by atoms with Gasteiger partial charge in [0.15, 0.2) is 0 Å². The molecule has 2 aliphatic rings. The molecular weight excluding hydrogens is 495 g/mol. The number of rotatable bonds is 5. The molecular formula is C31H37FN4O3. The minimum Gasteiger partial charge on any atom is -0.358 e. The lowest BCUT2D eigenvalue weighted by atomic mass is 10.0. The van der Waals surface area contributed by atoms with Gasteiger partial charge in [0.05, 0.1) is 5.56 Å². The maximum atomic E-state index is 13.9. The van der Waals surface area contributed by atoms with E-state index < -0.39 is 11.7 Å². The van der Waals surface area contributed by atoms with Crippen molar-refractivity contribution < 1.29 is 18.8 Å². The molecule has 2 atom stereocenters. The Morgan fingerprint density at radius 1 is 0.923 bits per heavy atom. The molecule has 2 amide bonds. The highest BCUT2D eigenvalue weighted by Crippen LogP contribution is 2.28. The fraction of sp³-hybridized carbons (Fsp3) is 0.452. The number of aromatic amines is 1. The Morgan fingerprint density at radius 2 is 1.62 bits per heavy atom. The lowest BCUT2D eigenvalue weighted by Gasteiger charge is -2.44. The minimum absolute atomic E-state index is 0.0343. The maximum Gasteiger partial charge on any atom is 0.294 e. The van der Waals surface area contributed by atoms with Crippen LogP contribution in [0.1, 0.15) is 71.5 Å². The monoisotopic (exact) mass is 532 g/mol. The molecule has 2 fully saturated rings. The van der Waals surface area contributed by atoms with Gasteiger partial charge in [0.25, 0.3) is 11.8 Å². The number of nitrogens with zero attached hydrogens (tertiary/aromatic N) is 3. The van der Waals surface area contributed by atoms with Crippen molar-refractivity contribution in [2.45, 2.75) is 65.1 Å². The number of nitrogens with one attached hydrogen (secondary N) is 1. The van der Waals surface area contributed by atoms with E-state index in [4.69, 9.17) is 0 Å². The average molecular weight is 533 g/mol. The normalized spacial score (nSPS) is 20.7. The summed E-state index contributed by atoms with van der Waals surface area (Å²) in [5, 5.41) is 0.667. The third-order valence-corrected chi connectivity index (χ3v) is 8.22. The highest BCUT2D eigenvalue weighted by atomic mass is 19.1. The molecule has 206 valence electrons. The molecule has 0 bridgehead atoms. The smallest absolute Gasteiger partial charge is 0.294 e. The molecule has 2 aliphatic heterocycles. The highest BCUT2D eigenvalue weighted by Gasteiger charge is 2.34. The number of carbonyl (C=O) groups excluding carboxylic acids is 3. The maximum absolute atomic E-state index is 13.9. The number of likely N-dealkylation sites (tertiary alicyclic amines) is 1. The number of hydrogen-bond acceptors (Lipinski definition) is 4. The SMILES string of the molecule is Cc1[nH]c2ccc(C(=O)C(=O)N3CCCCCC3)cc2c1C(=O)N1CC(C)N(Cc2ccc(F)cc2)CC1C. The largest absolute Gasteiger partial charge is 0.358 e. The number of H-pyrrole nitrogens is 1. The summed E-state index contributed by atoms with van der Waals surface area (Å²) < 4.78 is 13.3. The van der Waals surface area contributed by atoms with E-state index in [0.717, 1.165) is 42.5 Å². The second kappa shape index (κ2) is 11.3. The zero-order valence-electron chi connectivity index (χ0n) is 23.0. The molecule has 2 aromatic carbocycles. The van der Waals surface area contributed by atoms with Crippen molar-refractivity contribution >= 4 is 28.5 Å². The Hall–Kier alpha value is -3.52. The topological polar surface area (TPSA) is 76.7 Å². The van der Waals surface area contributed by atoms with Gasteiger partial charge in [-0.3, -0.25) is 19.3 Å². The van der Waals surface area contributed by atoms with Crippen LogP contribution in [0.25, 0.3) is 10.9 Å². The van der Waals surface area contributed by atoms with E-state index >= 15 is 0 Å². The molecule has 0 spiro atoms. The number of aromatic nitrogens is 1. The first-order valence-electron chi connectivity index (χ1n) is 14.0. The molecule has 3 heterocycles. The average Bonchev–Trinajstić information content (AvgIpc) is 3.06. The van der Waals surface area contributed by atoms with E-state index in [-0.39, 0.29) is 23.8 Å². The van der Waals surface area contributed by atoms with Crippen molar-refractivity contribution in [2.75, 3.05) is 26.2 Å². The third-order valence-electron chi connectivity index (χ3n) is 8.22. The van der Waals surface area contributed by atoms with E-state index in [2.05, 4.69) is 16.8 Å². The highest BCUT2D eigenvalue weighted by molar-refractivity contribution is 6.43. The van der Waals surface area contributed by atoms with Crippen LogP contribution in [0.3, 0.4) is 0 Å². The number of Topliss-reactive ketones (excluding diaryl/α,β-unsaturated/α-hetero) is 1. The Morgan fingerprint density at radius 3 is 2.31 bits per heavy atom. The first kappa shape index (κ1) is 27.1. The van der Waals surface area contributed by atoms with Crippen molar-refractivity contribution in [3.05, 3.63) is 70.7 Å². The predicted octanol–water partition coefficient (Wildman–Crippen LogP) is 4.94. The van der Waals surface area contributed by atoms with Crippen LogP contribution in [-0.2, 0) is 11.3 Å². The molecule has 1 aromatic heterocycles. The van der Waals surface area contributed by atoms with Crippen molar-refractivity contribution in [3.8, 4) is 0 Å². The molecule has 5 rings (SSSR count). The van der Waals surface area contributed by atoms with Gasteiger partial charge in [-0.1, -0.05) is 25.0 Å². The van der Waals surface area contributed by atoms with Crippen LogP contribution >= 0.6 is 0 Å². The summed E-state index contributed by atoms with van der Waals surface area (Å²) in [5.41, 5.74) is 3.41. The van der Waals surface area contributed by atoms with E-state index in [1.807, 2.05) is 18.7 Å². The Bertz CT molecular complexity index is 1370. The summed E-state index contributed by atoms with van der Waals surface area (Å²) in [7, 11) is 0. The van der Waals surface area contributed by atoms with Gasteiger partial charge >= 0.3 is 0 Å². The first-order valence-corrected chi connectivity index (χ1v) is 14.0. The lowest BCUT2D eigenvalue weighted by molar-refractivity contribution is -0.126. The van der Waals surface area contributed by atoms with Gasteiger partial charge in [-0.15, -0.1) is 0 Å². The molecule has 2 saturated heterocycles. The molecule has 3 aromatic rings. The van der Waals surface area contributed by atoms with Crippen LogP contribution in [0.5, 0.6) is 0 Å². The first-order chi connectivity index (χ1) is 18.7. The number of aryl methyl sites for hydroxylation is 1. The van der Waals surface area contributed by atoms with Gasteiger partial charge in [0, 0.05) is 67.0 Å². The molecule has 1 N–H and O–H groups in total. The molecule has 0 aliphatic carbocycles. The number of benzene rings is 2. The van der Waals surface area contributed by atoms with Gasteiger partial charge in [-0.25, -0.2) is 4.39 Å². The summed E-state index contributed by atoms with van der Waals surface area (Å²) in [6.07, 6.45) is 3.99. The zero-order chi connectivity index (χ0) is 27.7. The van der Waals surface area contributed by atoms with Gasteiger partial charge < -0.3 is 14.8 Å². The predicted molar refractivity (Wildman–Crippen MR) is 149 cm³/mol. The van der Waals surface area contributed by atoms with Crippen molar-refractivity contribution in [1.29, 1.82) is 0 Å².